The molecule has 4 nitrogen and oxygen atoms in total. The van der Waals surface area contributed by atoms with E-state index in [0.717, 1.165) is 25.2 Å². The molecule has 6 heteroatoms. The number of hydrogen-bond acceptors (Lipinski definition) is 3. The summed E-state index contributed by atoms with van der Waals surface area (Å²) in [5, 5.41) is 1.06. The van der Waals surface area contributed by atoms with Crippen LogP contribution in [0.15, 0.2) is 36.4 Å². The summed E-state index contributed by atoms with van der Waals surface area (Å²) in [7, 11) is 2.16. The van der Waals surface area contributed by atoms with Gasteiger partial charge in [-0.2, -0.15) is 0 Å². The van der Waals surface area contributed by atoms with Gasteiger partial charge in [-0.15, -0.1) is 0 Å². The molecule has 0 saturated carbocycles. The topological polar surface area (TPSA) is 32.8 Å². The lowest BCUT2D eigenvalue weighted by Gasteiger charge is -2.36. The zero-order valence-electron chi connectivity index (χ0n) is 16.8. The van der Waals surface area contributed by atoms with Crippen molar-refractivity contribution in [3.8, 4) is 5.75 Å². The minimum atomic E-state index is 0.179. The molecule has 1 amide bonds. The van der Waals surface area contributed by atoms with E-state index in [1.807, 2.05) is 0 Å². The summed E-state index contributed by atoms with van der Waals surface area (Å²) in [5.41, 5.74) is 3.66. The van der Waals surface area contributed by atoms with E-state index in [1.165, 1.54) is 11.1 Å². The molecule has 2 aromatic carbocycles. The van der Waals surface area contributed by atoms with Gasteiger partial charge in [-0.1, -0.05) is 40.9 Å². The number of fused-ring (bicyclic) bond motifs is 3. The minimum absolute atomic E-state index is 0.179. The molecule has 0 N–H and O–H groups in total. The molecular formula is C23H26Cl2N2O2. The summed E-state index contributed by atoms with van der Waals surface area (Å²) in [6.45, 7) is 4.59. The van der Waals surface area contributed by atoms with E-state index < -0.39 is 0 Å². The molecular weight excluding hydrogens is 407 g/mol. The Kier molecular flexibility index (Phi) is 6.05. The molecule has 0 spiro atoms. The zero-order valence-corrected chi connectivity index (χ0v) is 18.3. The highest BCUT2D eigenvalue weighted by Crippen LogP contribution is 2.45. The average molecular weight is 433 g/mol. The lowest BCUT2D eigenvalue weighted by atomic mass is 9.89. The van der Waals surface area contributed by atoms with E-state index in [4.69, 9.17) is 27.9 Å². The first-order chi connectivity index (χ1) is 13.9. The summed E-state index contributed by atoms with van der Waals surface area (Å²) in [5.74, 6) is 1.18. The molecule has 29 heavy (non-hydrogen) atoms. The smallest absolute Gasteiger partial charge is 0.227 e. The first-order valence-electron chi connectivity index (χ1n) is 10.1. The van der Waals surface area contributed by atoms with Gasteiger partial charge in [-0.3, -0.25) is 4.79 Å². The Morgan fingerprint density at radius 2 is 2.03 bits per heavy atom. The van der Waals surface area contributed by atoms with Gasteiger partial charge in [-0.05, 0) is 63.2 Å². The number of benzene rings is 2. The van der Waals surface area contributed by atoms with Crippen molar-refractivity contribution in [1.29, 1.82) is 0 Å². The van der Waals surface area contributed by atoms with Crippen LogP contribution in [-0.2, 0) is 4.79 Å². The number of carbonyl (C=O) groups is 1. The number of amides is 1. The Labute approximate surface area is 182 Å². The van der Waals surface area contributed by atoms with Gasteiger partial charge in [0, 0.05) is 35.6 Å². The maximum atomic E-state index is 13.2. The maximum absolute atomic E-state index is 13.2. The van der Waals surface area contributed by atoms with Crippen LogP contribution < -0.4 is 9.64 Å². The second-order valence-electron chi connectivity index (χ2n) is 8.08. The summed E-state index contributed by atoms with van der Waals surface area (Å²) in [4.78, 5) is 17.6. The van der Waals surface area contributed by atoms with Gasteiger partial charge in [0.2, 0.25) is 5.91 Å². The fourth-order valence-corrected chi connectivity index (χ4v) is 4.99. The fourth-order valence-electron chi connectivity index (χ4n) is 4.52. The van der Waals surface area contributed by atoms with Crippen LogP contribution in [0.5, 0.6) is 5.75 Å². The van der Waals surface area contributed by atoms with Crippen molar-refractivity contribution in [3.05, 3.63) is 57.6 Å². The molecule has 2 aliphatic rings. The quantitative estimate of drug-likeness (QED) is 0.601. The number of anilines is 1. The van der Waals surface area contributed by atoms with Crippen molar-refractivity contribution >= 4 is 34.8 Å². The van der Waals surface area contributed by atoms with Crippen molar-refractivity contribution < 1.29 is 9.53 Å². The van der Waals surface area contributed by atoms with Crippen LogP contribution in [0, 0.1) is 6.92 Å². The number of piperidine rings is 1. The van der Waals surface area contributed by atoms with Gasteiger partial charge in [0.1, 0.15) is 5.75 Å². The lowest BCUT2D eigenvalue weighted by molar-refractivity contribution is -0.119. The third-order valence-corrected chi connectivity index (χ3v) is 6.44. The number of hydrogen-bond donors (Lipinski definition) is 0. The zero-order chi connectivity index (χ0) is 20.5. The summed E-state index contributed by atoms with van der Waals surface area (Å²) < 4.78 is 5.74. The van der Waals surface area contributed by atoms with Gasteiger partial charge in [-0.25, -0.2) is 0 Å². The molecule has 0 aromatic heterocycles. The third kappa shape index (κ3) is 4.25. The van der Waals surface area contributed by atoms with Gasteiger partial charge in [0.15, 0.2) is 0 Å². The highest BCUT2D eigenvalue weighted by atomic mass is 35.5. The predicted molar refractivity (Wildman–Crippen MR) is 118 cm³/mol. The van der Waals surface area contributed by atoms with Crippen LogP contribution >= 0.6 is 23.2 Å². The maximum Gasteiger partial charge on any atom is 0.227 e. The Hall–Kier alpha value is -1.75. The summed E-state index contributed by atoms with van der Waals surface area (Å²) in [6, 6.07) is 11.9. The Morgan fingerprint density at radius 3 is 2.83 bits per heavy atom. The molecule has 2 aromatic rings. The number of rotatable bonds is 5. The van der Waals surface area contributed by atoms with Crippen LogP contribution in [-0.4, -0.2) is 43.6 Å². The molecule has 2 heterocycles. The summed E-state index contributed by atoms with van der Waals surface area (Å²) in [6.07, 6.45) is 2.11. The molecule has 154 valence electrons. The van der Waals surface area contributed by atoms with Crippen LogP contribution in [0.2, 0.25) is 10.0 Å². The van der Waals surface area contributed by atoms with E-state index in [0.29, 0.717) is 41.2 Å². The van der Waals surface area contributed by atoms with Gasteiger partial charge in [0.25, 0.3) is 0 Å². The first kappa shape index (κ1) is 20.5. The number of likely N-dealkylation sites (tertiary alicyclic amines) is 1. The van der Waals surface area contributed by atoms with Gasteiger partial charge >= 0.3 is 0 Å². The number of halogens is 2. The van der Waals surface area contributed by atoms with Crippen molar-refractivity contribution in [3.63, 3.8) is 0 Å². The molecule has 0 unspecified atom stereocenters. The number of carbonyl (C=O) groups excluding carboxylic acids is 1. The highest BCUT2D eigenvalue weighted by molar-refractivity contribution is 6.35. The first-order valence-corrected chi connectivity index (χ1v) is 10.9. The molecule has 0 aliphatic carbocycles. The van der Waals surface area contributed by atoms with Crippen LogP contribution in [0.1, 0.15) is 36.3 Å². The molecule has 0 bridgehead atoms. The molecule has 2 aliphatic heterocycles. The minimum Gasteiger partial charge on any atom is -0.492 e. The highest BCUT2D eigenvalue weighted by Gasteiger charge is 2.43. The molecule has 4 rings (SSSR count). The van der Waals surface area contributed by atoms with E-state index in [1.54, 1.807) is 18.2 Å². The average Bonchev–Trinajstić information content (AvgIpc) is 2.99. The SMILES string of the molecule is Cc1ccc2c(c1)[C@@H]1CN(C)CC[C@@H]1N2C(=O)CCCOc1ccc(Cl)cc1Cl. The number of nitrogens with zero attached hydrogens (tertiary/aromatic N) is 2. The van der Waals surface area contributed by atoms with E-state index in [2.05, 4.69) is 42.0 Å². The summed E-state index contributed by atoms with van der Waals surface area (Å²) >= 11 is 12.1. The predicted octanol–water partition coefficient (Wildman–Crippen LogP) is 5.30. The molecule has 1 saturated heterocycles. The van der Waals surface area contributed by atoms with Crippen LogP contribution in [0.4, 0.5) is 5.69 Å². The Balaban J connectivity index is 1.41. The van der Waals surface area contributed by atoms with Crippen molar-refractivity contribution in [2.45, 2.75) is 38.1 Å². The van der Waals surface area contributed by atoms with Crippen molar-refractivity contribution in [2.24, 2.45) is 0 Å². The van der Waals surface area contributed by atoms with Crippen LogP contribution in [0.25, 0.3) is 0 Å². The lowest BCUT2D eigenvalue weighted by Crippen LogP contribution is -2.47. The molecule has 1 fully saturated rings. The van der Waals surface area contributed by atoms with Gasteiger partial charge < -0.3 is 14.5 Å². The van der Waals surface area contributed by atoms with E-state index in [9.17, 15) is 4.79 Å². The molecule has 0 radical (unpaired) electrons. The van der Waals surface area contributed by atoms with Crippen LogP contribution in [0.3, 0.4) is 0 Å². The number of aryl methyl sites for hydroxylation is 1. The Morgan fingerprint density at radius 1 is 1.21 bits per heavy atom. The van der Waals surface area contributed by atoms with Gasteiger partial charge in [0.05, 0.1) is 11.6 Å². The second kappa shape index (κ2) is 8.55. The van der Waals surface area contributed by atoms with E-state index in [-0.39, 0.29) is 11.9 Å². The van der Waals surface area contributed by atoms with E-state index >= 15 is 0 Å². The largest absolute Gasteiger partial charge is 0.492 e. The Bertz CT molecular complexity index is 918. The second-order valence-corrected chi connectivity index (χ2v) is 8.92. The monoisotopic (exact) mass is 432 g/mol. The number of ether oxygens (including phenoxy) is 1. The van der Waals surface area contributed by atoms with Crippen molar-refractivity contribution in [2.75, 3.05) is 31.6 Å². The van der Waals surface area contributed by atoms with Crippen molar-refractivity contribution in [1.82, 2.24) is 4.90 Å². The fraction of sp³-hybridized carbons (Fsp3) is 0.435. The standard InChI is InChI=1S/C23H26Cl2N2O2/c1-15-5-7-20-17(12-15)18-14-26(2)10-9-21(18)27(20)23(28)4-3-11-29-22-8-6-16(24)13-19(22)25/h5-8,12-13,18,21H,3-4,9-11,14H2,1-2H3/t18-,21-/m0/s1. The third-order valence-electron chi connectivity index (χ3n) is 5.91. The number of likely N-dealkylation sites (N-methyl/N-ethyl adjacent to an activating group) is 1. The molecule has 2 atom stereocenters. The normalized spacial score (nSPS) is 21.0.